The topological polar surface area (TPSA) is 83.8 Å². The van der Waals surface area contributed by atoms with Crippen LogP contribution in [0.2, 0.25) is 0 Å². The Balaban J connectivity index is 2.48. The van der Waals surface area contributed by atoms with E-state index in [2.05, 4.69) is 20.8 Å². The summed E-state index contributed by atoms with van der Waals surface area (Å²) in [6, 6.07) is 4.21. The zero-order valence-corrected chi connectivity index (χ0v) is 18.3. The van der Waals surface area contributed by atoms with Crippen LogP contribution in [0.5, 0.6) is 0 Å². The van der Waals surface area contributed by atoms with E-state index < -0.39 is 20.0 Å². The molecule has 27 heavy (non-hydrogen) atoms. The van der Waals surface area contributed by atoms with E-state index in [-0.39, 0.29) is 10.6 Å². The molecule has 0 aromatic heterocycles. The summed E-state index contributed by atoms with van der Waals surface area (Å²) in [4.78, 5) is 15.0. The first kappa shape index (κ1) is 22.1. The summed E-state index contributed by atoms with van der Waals surface area (Å²) in [7, 11) is -1.61. The van der Waals surface area contributed by atoms with Crippen LogP contribution in [-0.4, -0.2) is 62.0 Å². The second-order valence-electron chi connectivity index (χ2n) is 6.93. The van der Waals surface area contributed by atoms with Crippen LogP contribution in [-0.2, 0) is 9.84 Å². The Bertz CT molecular complexity index is 747. The van der Waals surface area contributed by atoms with Crippen LogP contribution in [0.1, 0.15) is 32.6 Å². The molecule has 1 fully saturated rings. The molecule has 1 aliphatic rings. The molecule has 0 N–H and O–H groups in total. The summed E-state index contributed by atoms with van der Waals surface area (Å²) < 4.78 is 27.0. The van der Waals surface area contributed by atoms with Crippen molar-refractivity contribution in [3.63, 3.8) is 0 Å². The lowest BCUT2D eigenvalue weighted by Gasteiger charge is -2.28. The molecule has 1 saturated heterocycles. The number of non-ortho nitro benzene ring substituents is 1. The molecule has 0 saturated carbocycles. The van der Waals surface area contributed by atoms with E-state index in [0.29, 0.717) is 36.9 Å². The van der Waals surface area contributed by atoms with Crippen molar-refractivity contribution in [3.05, 3.63) is 28.3 Å². The molecule has 9 heteroatoms. The van der Waals surface area contributed by atoms with Gasteiger partial charge in [0.15, 0.2) is 9.84 Å². The van der Waals surface area contributed by atoms with Crippen molar-refractivity contribution < 1.29 is 13.3 Å². The number of halogens is 1. The predicted molar refractivity (Wildman–Crippen MR) is 112 cm³/mol. The monoisotopic (exact) mass is 461 g/mol. The minimum Gasteiger partial charge on any atom is -0.370 e. The summed E-state index contributed by atoms with van der Waals surface area (Å²) in [5.41, 5.74) is 0.375. The average Bonchev–Trinajstić information content (AvgIpc) is 2.62. The molecule has 1 aromatic carbocycles. The van der Waals surface area contributed by atoms with Crippen molar-refractivity contribution >= 4 is 37.1 Å². The SMILES string of the molecule is CCN(CCBr)c1ccc([N+](=O)[O-])cc1S(=O)(=O)C1CCCN(C)CCC1. The van der Waals surface area contributed by atoms with Gasteiger partial charge in [-0.25, -0.2) is 8.42 Å². The van der Waals surface area contributed by atoms with Crippen LogP contribution in [0, 0.1) is 10.1 Å². The van der Waals surface area contributed by atoms with Gasteiger partial charge >= 0.3 is 0 Å². The Kier molecular flexibility index (Phi) is 8.05. The predicted octanol–water partition coefficient (Wildman–Crippen LogP) is 3.46. The van der Waals surface area contributed by atoms with Crippen molar-refractivity contribution in [2.75, 3.05) is 43.5 Å². The van der Waals surface area contributed by atoms with Crippen molar-refractivity contribution in [3.8, 4) is 0 Å². The van der Waals surface area contributed by atoms with E-state index in [1.807, 2.05) is 18.9 Å². The molecule has 0 radical (unpaired) electrons. The van der Waals surface area contributed by atoms with Crippen LogP contribution in [0.3, 0.4) is 0 Å². The number of alkyl halides is 1. The highest BCUT2D eigenvalue weighted by molar-refractivity contribution is 9.09. The first-order chi connectivity index (χ1) is 12.8. The molecule has 1 aromatic rings. The maximum absolute atomic E-state index is 13.5. The summed E-state index contributed by atoms with van der Waals surface area (Å²) in [6.45, 7) is 4.96. The number of rotatable bonds is 7. The highest BCUT2D eigenvalue weighted by atomic mass is 79.9. The van der Waals surface area contributed by atoms with Crippen molar-refractivity contribution in [2.24, 2.45) is 0 Å². The zero-order chi connectivity index (χ0) is 20.0. The van der Waals surface area contributed by atoms with Gasteiger partial charge in [-0.3, -0.25) is 10.1 Å². The van der Waals surface area contributed by atoms with Gasteiger partial charge in [0.1, 0.15) is 0 Å². The third kappa shape index (κ3) is 5.42. The highest BCUT2D eigenvalue weighted by Crippen LogP contribution is 2.34. The highest BCUT2D eigenvalue weighted by Gasteiger charge is 2.32. The van der Waals surface area contributed by atoms with Crippen LogP contribution < -0.4 is 4.90 Å². The number of nitro benzene ring substituents is 1. The number of likely N-dealkylation sites (tertiary alicyclic amines) is 1. The minimum absolute atomic E-state index is 0.0958. The first-order valence-electron chi connectivity index (χ1n) is 9.33. The van der Waals surface area contributed by atoms with Gasteiger partial charge in [-0.2, -0.15) is 0 Å². The van der Waals surface area contributed by atoms with Gasteiger partial charge in [0.25, 0.3) is 5.69 Å². The van der Waals surface area contributed by atoms with E-state index in [4.69, 9.17) is 0 Å². The molecular formula is C18H28BrN3O4S. The number of nitro groups is 1. The lowest BCUT2D eigenvalue weighted by Crippen LogP contribution is -2.32. The lowest BCUT2D eigenvalue weighted by atomic mass is 10.1. The van der Waals surface area contributed by atoms with E-state index in [9.17, 15) is 18.5 Å². The molecule has 0 aliphatic carbocycles. The number of anilines is 1. The van der Waals surface area contributed by atoms with Gasteiger partial charge in [-0.05, 0) is 58.8 Å². The van der Waals surface area contributed by atoms with Gasteiger partial charge in [0.2, 0.25) is 0 Å². The van der Waals surface area contributed by atoms with E-state index in [1.165, 1.54) is 12.1 Å². The molecule has 0 atom stereocenters. The number of hydrogen-bond donors (Lipinski definition) is 0. The fraction of sp³-hybridized carbons (Fsp3) is 0.667. The summed E-state index contributed by atoms with van der Waals surface area (Å²) in [5.74, 6) is 0. The number of sulfone groups is 1. The van der Waals surface area contributed by atoms with Crippen molar-refractivity contribution in [1.29, 1.82) is 0 Å². The van der Waals surface area contributed by atoms with E-state index in [0.717, 1.165) is 25.9 Å². The van der Waals surface area contributed by atoms with Gasteiger partial charge in [-0.1, -0.05) is 15.9 Å². The van der Waals surface area contributed by atoms with Crippen LogP contribution >= 0.6 is 15.9 Å². The summed E-state index contributed by atoms with van der Waals surface area (Å²) in [5, 5.41) is 11.4. The molecule has 0 amide bonds. The Hall–Kier alpha value is -1.19. The summed E-state index contributed by atoms with van der Waals surface area (Å²) >= 11 is 3.40. The van der Waals surface area contributed by atoms with Crippen LogP contribution in [0.15, 0.2) is 23.1 Å². The second-order valence-corrected chi connectivity index (χ2v) is 9.92. The Morgan fingerprint density at radius 3 is 2.44 bits per heavy atom. The van der Waals surface area contributed by atoms with Crippen LogP contribution in [0.4, 0.5) is 11.4 Å². The summed E-state index contributed by atoms with van der Waals surface area (Å²) in [6.07, 6.45) is 2.78. The second kappa shape index (κ2) is 9.84. The smallest absolute Gasteiger partial charge is 0.270 e. The molecule has 1 aliphatic heterocycles. The minimum atomic E-state index is -3.66. The molecule has 152 valence electrons. The van der Waals surface area contributed by atoms with Gasteiger partial charge in [0, 0.05) is 30.6 Å². The number of benzene rings is 1. The van der Waals surface area contributed by atoms with E-state index >= 15 is 0 Å². The molecule has 0 unspecified atom stereocenters. The maximum Gasteiger partial charge on any atom is 0.270 e. The molecular weight excluding hydrogens is 434 g/mol. The fourth-order valence-electron chi connectivity index (χ4n) is 3.58. The standard InChI is InChI=1S/C18H28BrN3O4S/c1-3-21(13-10-19)17-9-8-15(22(23)24)14-18(17)27(25,26)16-6-4-11-20(2)12-5-7-16/h8-9,14,16H,3-7,10-13H2,1-2H3. The molecule has 0 bridgehead atoms. The van der Waals surface area contributed by atoms with Crippen LogP contribution in [0.25, 0.3) is 0 Å². The molecule has 1 heterocycles. The lowest BCUT2D eigenvalue weighted by molar-refractivity contribution is -0.385. The number of hydrogen-bond acceptors (Lipinski definition) is 6. The molecule has 7 nitrogen and oxygen atoms in total. The van der Waals surface area contributed by atoms with Crippen molar-refractivity contribution in [1.82, 2.24) is 4.90 Å². The van der Waals surface area contributed by atoms with Gasteiger partial charge < -0.3 is 9.80 Å². The number of nitrogens with zero attached hydrogens (tertiary/aromatic N) is 3. The quantitative estimate of drug-likeness (QED) is 0.351. The van der Waals surface area contributed by atoms with Gasteiger partial charge in [-0.15, -0.1) is 0 Å². The molecule has 0 spiro atoms. The normalized spacial score (nSPS) is 17.3. The van der Waals surface area contributed by atoms with Gasteiger partial charge in [0.05, 0.1) is 20.8 Å². The van der Waals surface area contributed by atoms with Crippen molar-refractivity contribution in [2.45, 2.75) is 42.8 Å². The zero-order valence-electron chi connectivity index (χ0n) is 15.9. The third-order valence-corrected chi connectivity index (χ3v) is 7.75. The maximum atomic E-state index is 13.5. The van der Waals surface area contributed by atoms with E-state index in [1.54, 1.807) is 6.07 Å². The Labute approximate surface area is 169 Å². The third-order valence-electron chi connectivity index (χ3n) is 5.11. The Morgan fingerprint density at radius 2 is 1.93 bits per heavy atom. The fourth-order valence-corrected chi connectivity index (χ4v) is 6.09. The first-order valence-corrected chi connectivity index (χ1v) is 12.0. The Morgan fingerprint density at radius 1 is 1.30 bits per heavy atom. The average molecular weight is 462 g/mol. The molecule has 2 rings (SSSR count). The largest absolute Gasteiger partial charge is 0.370 e.